The van der Waals surface area contributed by atoms with Crippen LogP contribution in [0.25, 0.3) is 0 Å². The summed E-state index contributed by atoms with van der Waals surface area (Å²) in [6, 6.07) is 0. The average Bonchev–Trinajstić information content (AvgIpc) is 3.33. The van der Waals surface area contributed by atoms with E-state index in [0.29, 0.717) is 26.1 Å². The molecular formula is C64H128N2O8Sn. The molecule has 2 aliphatic rings. The molecule has 0 radical (unpaired) electrons. The summed E-state index contributed by atoms with van der Waals surface area (Å²) < 4.78 is 17.2. The Balaban J connectivity index is 0.00000189. The molecular weight excluding hydrogens is 1040 g/mol. The van der Waals surface area contributed by atoms with E-state index in [1.165, 1.54) is 128 Å². The number of aliphatic hydroxyl groups is 2. The molecule has 2 rings (SSSR count). The van der Waals surface area contributed by atoms with Gasteiger partial charge in [0.2, 0.25) is 0 Å². The normalized spacial score (nSPS) is 17.8. The zero-order valence-electron chi connectivity index (χ0n) is 51.8. The first-order valence-corrected chi connectivity index (χ1v) is 39.3. The van der Waals surface area contributed by atoms with Crippen molar-refractivity contribution in [1.29, 1.82) is 0 Å². The first-order valence-electron chi connectivity index (χ1n) is 32.4. The molecule has 10 nitrogen and oxygen atoms in total. The molecule has 0 saturated carbocycles. The van der Waals surface area contributed by atoms with Crippen molar-refractivity contribution in [3.05, 3.63) is 0 Å². The Bertz CT molecular complexity index is 1220. The van der Waals surface area contributed by atoms with Crippen molar-refractivity contribution in [1.82, 2.24) is 10.1 Å². The predicted molar refractivity (Wildman–Crippen MR) is 320 cm³/mol. The molecule has 2 saturated heterocycles. The second kappa shape index (κ2) is 44.2. The predicted octanol–water partition coefficient (Wildman–Crippen LogP) is 17.5. The summed E-state index contributed by atoms with van der Waals surface area (Å²) >= 11 is -0.967. The maximum atomic E-state index is 12.9. The summed E-state index contributed by atoms with van der Waals surface area (Å²) in [5.74, 6) is -0.182. The van der Waals surface area contributed by atoms with Crippen LogP contribution in [0.4, 0.5) is 0 Å². The van der Waals surface area contributed by atoms with Gasteiger partial charge in [0.25, 0.3) is 0 Å². The quantitative estimate of drug-likeness (QED) is 0.0347. The number of hydrogen-bond acceptors (Lipinski definition) is 10. The number of aliphatic hydroxyl groups excluding tert-OH is 2. The van der Waals surface area contributed by atoms with Gasteiger partial charge in [0.1, 0.15) is 12.2 Å². The van der Waals surface area contributed by atoms with E-state index in [-0.39, 0.29) is 46.3 Å². The number of nitrogens with zero attached hydrogens (tertiary/aromatic N) is 2. The molecule has 0 aromatic heterocycles. The molecule has 2 fully saturated rings. The third-order valence-corrected chi connectivity index (χ3v) is 26.6. The number of rotatable bonds is 46. The fraction of sp³-hybridized carbons (Fsp3) is 0.969. The SMILES string of the molecule is CC1(C)CC(OC(=O)CCCCCCCCC(=O)OC2CC(C)(C)N(OCCCCCCCCCCCCO)C(C)(C)C2)CC(C)(C)N1OCCCCCCCCCCCCO.CCC[CH2][SnH]([CH2]CCC)[CH2]CCC. The third kappa shape index (κ3) is 35.8. The summed E-state index contributed by atoms with van der Waals surface area (Å²) in [5, 5.41) is 22.1. The second-order valence-corrected chi connectivity index (χ2v) is 35.9. The number of carbonyl (C=O) groups is 2. The number of esters is 2. The van der Waals surface area contributed by atoms with Gasteiger partial charge < -0.3 is 19.7 Å². The molecule has 446 valence electrons. The van der Waals surface area contributed by atoms with E-state index in [4.69, 9.17) is 29.4 Å². The minimum atomic E-state index is -0.967. The van der Waals surface area contributed by atoms with Crippen molar-refractivity contribution in [3.63, 3.8) is 0 Å². The van der Waals surface area contributed by atoms with Crippen LogP contribution in [0.5, 0.6) is 0 Å². The van der Waals surface area contributed by atoms with E-state index in [0.717, 1.165) is 116 Å². The monoisotopic (exact) mass is 1170 g/mol. The molecule has 0 amide bonds. The van der Waals surface area contributed by atoms with Crippen molar-refractivity contribution in [2.45, 2.75) is 368 Å². The van der Waals surface area contributed by atoms with Crippen molar-refractivity contribution in [2.75, 3.05) is 26.4 Å². The zero-order chi connectivity index (χ0) is 55.7. The summed E-state index contributed by atoms with van der Waals surface area (Å²) in [5.41, 5.74) is -0.902. The number of carbonyl (C=O) groups excluding carboxylic acids is 2. The Morgan fingerprint density at radius 1 is 0.387 bits per heavy atom. The Hall–Kier alpha value is -0.501. The molecule has 0 aromatic carbocycles. The van der Waals surface area contributed by atoms with Gasteiger partial charge >= 0.3 is 104 Å². The van der Waals surface area contributed by atoms with Gasteiger partial charge in [-0.3, -0.25) is 19.3 Å². The first kappa shape index (κ1) is 72.5. The molecule has 0 bridgehead atoms. The number of piperidine rings is 2. The first-order chi connectivity index (χ1) is 35.9. The fourth-order valence-electron chi connectivity index (χ4n) is 12.4. The second-order valence-electron chi connectivity index (χ2n) is 26.0. The molecule has 2 aliphatic heterocycles. The fourth-order valence-corrected chi connectivity index (χ4v) is 23.3. The molecule has 0 aliphatic carbocycles. The van der Waals surface area contributed by atoms with Crippen LogP contribution >= 0.6 is 0 Å². The minimum absolute atomic E-state index is 0.0909. The zero-order valence-corrected chi connectivity index (χ0v) is 55.1. The van der Waals surface area contributed by atoms with Crippen LogP contribution < -0.4 is 0 Å². The maximum absolute atomic E-state index is 12.9. The van der Waals surface area contributed by atoms with Crippen molar-refractivity contribution in [2.24, 2.45) is 0 Å². The Morgan fingerprint density at radius 2 is 0.627 bits per heavy atom. The van der Waals surface area contributed by atoms with Crippen molar-refractivity contribution in [3.8, 4) is 0 Å². The molecule has 2 heterocycles. The van der Waals surface area contributed by atoms with E-state index >= 15 is 0 Å². The molecule has 0 atom stereocenters. The topological polar surface area (TPSA) is 118 Å². The van der Waals surface area contributed by atoms with Crippen LogP contribution in [0.15, 0.2) is 0 Å². The molecule has 2 N–H and O–H groups in total. The van der Waals surface area contributed by atoms with E-state index in [1.54, 1.807) is 13.3 Å². The Morgan fingerprint density at radius 3 is 0.880 bits per heavy atom. The van der Waals surface area contributed by atoms with E-state index in [9.17, 15) is 9.59 Å². The van der Waals surface area contributed by atoms with Crippen LogP contribution in [0.1, 0.15) is 320 Å². The van der Waals surface area contributed by atoms with Crippen molar-refractivity contribution >= 4 is 31.7 Å². The van der Waals surface area contributed by atoms with Crippen LogP contribution in [0.2, 0.25) is 13.3 Å². The summed E-state index contributed by atoms with van der Waals surface area (Å²) in [7, 11) is 0. The molecule has 75 heavy (non-hydrogen) atoms. The van der Waals surface area contributed by atoms with Gasteiger partial charge in [-0.2, -0.15) is 10.1 Å². The van der Waals surface area contributed by atoms with Gasteiger partial charge in [0, 0.05) is 73.9 Å². The Labute approximate surface area is 472 Å². The van der Waals surface area contributed by atoms with E-state index < -0.39 is 19.8 Å². The number of hydrogen-bond donors (Lipinski definition) is 2. The van der Waals surface area contributed by atoms with Gasteiger partial charge in [-0.25, -0.2) is 0 Å². The van der Waals surface area contributed by atoms with E-state index in [1.807, 2.05) is 0 Å². The molecule has 0 spiro atoms. The summed E-state index contributed by atoms with van der Waals surface area (Å²) in [6.45, 7) is 26.7. The number of unbranched alkanes of at least 4 members (excludes halogenated alkanes) is 26. The standard InChI is InChI=1S/C52H100N2O8.3C4H9.Sn.H/c1-49(2)41-45(42-50(3,4)53(49)59-39-33-27-21-15-11-9-13-19-25-31-37-55)61-47(57)35-29-23-17-18-24-30-36-48(58)62-46-43-51(5,6)54(52(7,8)44-46)60-40-34-28-22-16-12-10-14-20-26-32-38-56;3*1-3-4-2;;/h45-46,55-56H,9-44H2,1-8H3;3*1,3-4H2,2H3;;. The third-order valence-electron chi connectivity index (χ3n) is 16.2. The van der Waals surface area contributed by atoms with Crippen LogP contribution in [0, 0.1) is 0 Å². The van der Waals surface area contributed by atoms with Gasteiger partial charge in [0.15, 0.2) is 0 Å². The van der Waals surface area contributed by atoms with E-state index in [2.05, 4.69) is 86.3 Å². The number of ether oxygens (including phenoxy) is 2. The number of hydroxylamine groups is 4. The van der Waals surface area contributed by atoms with Gasteiger partial charge in [-0.15, -0.1) is 0 Å². The average molecular weight is 1170 g/mol. The van der Waals surface area contributed by atoms with Gasteiger partial charge in [-0.05, 0) is 93.9 Å². The van der Waals surface area contributed by atoms with Crippen LogP contribution in [-0.2, 0) is 28.7 Å². The molecule has 11 heteroatoms. The Kier molecular flexibility index (Phi) is 42.7. The van der Waals surface area contributed by atoms with Gasteiger partial charge in [-0.1, -0.05) is 128 Å². The summed E-state index contributed by atoms with van der Waals surface area (Å²) in [6.07, 6.45) is 42.5. The van der Waals surface area contributed by atoms with Crippen LogP contribution in [-0.4, -0.2) is 113 Å². The van der Waals surface area contributed by atoms with Crippen molar-refractivity contribution < 1.29 is 39.0 Å². The molecule has 0 unspecified atom stereocenters. The molecule has 0 aromatic rings. The van der Waals surface area contributed by atoms with Crippen LogP contribution in [0.3, 0.4) is 0 Å². The summed E-state index contributed by atoms with van der Waals surface area (Å²) in [4.78, 5) is 38.6. The van der Waals surface area contributed by atoms with Gasteiger partial charge in [0.05, 0.1) is 13.2 Å².